The second-order valence-electron chi connectivity index (χ2n) is 3.54. The van der Waals surface area contributed by atoms with Crippen LogP contribution in [0, 0.1) is 0 Å². The maximum atomic E-state index is 11.8. The molecule has 1 aromatic rings. The molecule has 0 radical (unpaired) electrons. The summed E-state index contributed by atoms with van der Waals surface area (Å²) in [7, 11) is 0. The first kappa shape index (κ1) is 14.4. The smallest absolute Gasteiger partial charge is 0.232 e. The lowest BCUT2D eigenvalue weighted by Gasteiger charge is -2.18. The number of nitrogens with zero attached hydrogens (tertiary/aromatic N) is 1. The molecule has 1 aromatic carbocycles. The second-order valence-corrected chi connectivity index (χ2v) is 5.47. The monoisotopic (exact) mass is 316 g/mol. The number of carbonyl (C=O) groups excluding carboxylic acids is 1. The van der Waals surface area contributed by atoms with Crippen molar-refractivity contribution in [2.75, 3.05) is 24.6 Å². The van der Waals surface area contributed by atoms with E-state index in [4.69, 9.17) is 5.73 Å². The molecule has 0 heterocycles. The molecule has 0 atom stereocenters. The Morgan fingerprint density at radius 3 is 2.65 bits per heavy atom. The van der Waals surface area contributed by atoms with E-state index >= 15 is 0 Å². The number of anilines is 1. The number of thioether (sulfide) groups is 1. The first-order valence-electron chi connectivity index (χ1n) is 5.54. The van der Waals surface area contributed by atoms with Gasteiger partial charge in [0.25, 0.3) is 0 Å². The number of nitrogen functional groups attached to an aromatic ring is 1. The van der Waals surface area contributed by atoms with E-state index in [1.54, 1.807) is 0 Å². The highest BCUT2D eigenvalue weighted by Gasteiger charge is 2.11. The van der Waals surface area contributed by atoms with E-state index in [1.807, 2.05) is 36.9 Å². The number of rotatable bonds is 5. The van der Waals surface area contributed by atoms with Crippen LogP contribution >= 0.6 is 27.7 Å². The number of hydrogen-bond donors (Lipinski definition) is 1. The largest absolute Gasteiger partial charge is 0.398 e. The minimum absolute atomic E-state index is 0.152. The Hall–Kier alpha value is -0.680. The molecule has 0 fully saturated rings. The molecule has 17 heavy (non-hydrogen) atoms. The zero-order valence-electron chi connectivity index (χ0n) is 10.1. The molecule has 94 valence electrons. The number of hydrogen-bond acceptors (Lipinski definition) is 3. The van der Waals surface area contributed by atoms with E-state index in [9.17, 15) is 4.79 Å². The summed E-state index contributed by atoms with van der Waals surface area (Å²) in [5, 5.41) is 0. The van der Waals surface area contributed by atoms with E-state index in [2.05, 4.69) is 15.9 Å². The molecular formula is C12H17BrN2OS. The lowest BCUT2D eigenvalue weighted by Crippen LogP contribution is -2.31. The summed E-state index contributed by atoms with van der Waals surface area (Å²) in [6, 6.07) is 5.68. The number of nitrogens with two attached hydrogens (primary N) is 1. The first-order chi connectivity index (χ1) is 8.08. The van der Waals surface area contributed by atoms with Crippen molar-refractivity contribution in [1.29, 1.82) is 0 Å². The lowest BCUT2D eigenvalue weighted by molar-refractivity contribution is -0.127. The normalized spacial score (nSPS) is 10.3. The van der Waals surface area contributed by atoms with Crippen molar-refractivity contribution >= 4 is 39.3 Å². The molecule has 5 heteroatoms. The first-order valence-corrected chi connectivity index (χ1v) is 7.32. The maximum absolute atomic E-state index is 11.8. The third-order valence-electron chi connectivity index (χ3n) is 2.44. The molecule has 0 spiro atoms. The van der Waals surface area contributed by atoms with Crippen molar-refractivity contribution in [2.45, 2.75) is 18.7 Å². The highest BCUT2D eigenvalue weighted by atomic mass is 79.9. The van der Waals surface area contributed by atoms with Gasteiger partial charge in [0.2, 0.25) is 5.91 Å². The van der Waals surface area contributed by atoms with Gasteiger partial charge in [-0.2, -0.15) is 0 Å². The van der Waals surface area contributed by atoms with Crippen molar-refractivity contribution < 1.29 is 4.79 Å². The molecule has 0 aliphatic carbocycles. The van der Waals surface area contributed by atoms with E-state index in [1.165, 1.54) is 11.8 Å². The van der Waals surface area contributed by atoms with Crippen LogP contribution in [0.25, 0.3) is 0 Å². The van der Waals surface area contributed by atoms with E-state index in [0.29, 0.717) is 11.4 Å². The van der Waals surface area contributed by atoms with Gasteiger partial charge >= 0.3 is 0 Å². The number of amides is 1. The van der Waals surface area contributed by atoms with Gasteiger partial charge in [-0.05, 0) is 32.0 Å². The minimum atomic E-state index is 0.152. The zero-order valence-corrected chi connectivity index (χ0v) is 12.5. The predicted molar refractivity (Wildman–Crippen MR) is 77.2 cm³/mol. The van der Waals surface area contributed by atoms with Crippen LogP contribution in [0.1, 0.15) is 13.8 Å². The van der Waals surface area contributed by atoms with Crippen molar-refractivity contribution in [3.05, 3.63) is 22.7 Å². The quantitative estimate of drug-likeness (QED) is 0.671. The molecule has 0 bridgehead atoms. The minimum Gasteiger partial charge on any atom is -0.398 e. The zero-order chi connectivity index (χ0) is 12.8. The Labute approximate surface area is 115 Å². The second kappa shape index (κ2) is 6.91. The van der Waals surface area contributed by atoms with Gasteiger partial charge < -0.3 is 10.6 Å². The number of carbonyl (C=O) groups is 1. The van der Waals surface area contributed by atoms with Gasteiger partial charge in [0.15, 0.2) is 0 Å². The Kier molecular flexibility index (Phi) is 5.85. The predicted octanol–water partition coefficient (Wildman–Crippen LogP) is 2.99. The molecule has 0 unspecified atom stereocenters. The highest BCUT2D eigenvalue weighted by molar-refractivity contribution is 9.10. The number of halogens is 1. The molecule has 0 saturated heterocycles. The van der Waals surface area contributed by atoms with Gasteiger partial charge in [-0.15, -0.1) is 11.8 Å². The number of benzene rings is 1. The van der Waals surface area contributed by atoms with Crippen LogP contribution in [0.2, 0.25) is 0 Å². The fourth-order valence-corrected chi connectivity index (χ4v) is 2.86. The van der Waals surface area contributed by atoms with E-state index in [0.717, 1.165) is 22.5 Å². The average molecular weight is 317 g/mol. The van der Waals surface area contributed by atoms with Gasteiger partial charge in [-0.1, -0.05) is 15.9 Å². The van der Waals surface area contributed by atoms with Crippen molar-refractivity contribution in [1.82, 2.24) is 4.90 Å². The molecule has 2 N–H and O–H groups in total. The molecular weight excluding hydrogens is 300 g/mol. The third kappa shape index (κ3) is 4.24. The Balaban J connectivity index is 2.61. The van der Waals surface area contributed by atoms with E-state index in [-0.39, 0.29) is 5.91 Å². The van der Waals surface area contributed by atoms with Gasteiger partial charge in [0.05, 0.1) is 5.75 Å². The van der Waals surface area contributed by atoms with Crippen LogP contribution in [0.15, 0.2) is 27.6 Å². The molecule has 0 aliphatic heterocycles. The molecule has 1 rings (SSSR count). The topological polar surface area (TPSA) is 46.3 Å². The Bertz CT molecular complexity index is 394. The summed E-state index contributed by atoms with van der Waals surface area (Å²) in [6.07, 6.45) is 0. The van der Waals surface area contributed by atoms with Crippen molar-refractivity contribution in [3.8, 4) is 0 Å². The fraction of sp³-hybridized carbons (Fsp3) is 0.417. The summed E-state index contributed by atoms with van der Waals surface area (Å²) in [6.45, 7) is 5.48. The van der Waals surface area contributed by atoms with Crippen LogP contribution < -0.4 is 5.73 Å². The van der Waals surface area contributed by atoms with E-state index < -0.39 is 0 Å². The maximum Gasteiger partial charge on any atom is 0.232 e. The van der Waals surface area contributed by atoms with Gasteiger partial charge in [0, 0.05) is 28.1 Å². The summed E-state index contributed by atoms with van der Waals surface area (Å²) in [5.74, 6) is 0.585. The summed E-state index contributed by atoms with van der Waals surface area (Å²) in [5.41, 5.74) is 6.56. The Morgan fingerprint density at radius 1 is 1.41 bits per heavy atom. The summed E-state index contributed by atoms with van der Waals surface area (Å²) < 4.78 is 0.976. The lowest BCUT2D eigenvalue weighted by atomic mass is 10.3. The van der Waals surface area contributed by atoms with Crippen LogP contribution in [0.3, 0.4) is 0 Å². The highest BCUT2D eigenvalue weighted by Crippen LogP contribution is 2.28. The average Bonchev–Trinajstić information content (AvgIpc) is 2.32. The Morgan fingerprint density at radius 2 is 2.06 bits per heavy atom. The van der Waals surface area contributed by atoms with Crippen molar-refractivity contribution in [3.63, 3.8) is 0 Å². The summed E-state index contributed by atoms with van der Waals surface area (Å²) >= 11 is 4.88. The molecule has 0 aliphatic rings. The van der Waals surface area contributed by atoms with Crippen molar-refractivity contribution in [2.24, 2.45) is 0 Å². The van der Waals surface area contributed by atoms with Crippen LogP contribution in [0.4, 0.5) is 5.69 Å². The standard InChI is InChI=1S/C12H17BrN2OS/c1-3-15(4-2)12(16)8-17-11-7-9(13)5-6-10(11)14/h5-7H,3-4,8,14H2,1-2H3. The molecule has 0 aromatic heterocycles. The SMILES string of the molecule is CCN(CC)C(=O)CSc1cc(Br)ccc1N. The fourth-order valence-electron chi connectivity index (χ4n) is 1.44. The van der Waals surface area contributed by atoms with Crippen LogP contribution in [-0.4, -0.2) is 29.6 Å². The third-order valence-corrected chi connectivity index (χ3v) is 3.99. The van der Waals surface area contributed by atoms with Gasteiger partial charge in [-0.25, -0.2) is 0 Å². The van der Waals surface area contributed by atoms with Gasteiger partial charge in [0.1, 0.15) is 0 Å². The van der Waals surface area contributed by atoms with Crippen LogP contribution in [-0.2, 0) is 4.79 Å². The molecule has 0 saturated carbocycles. The van der Waals surface area contributed by atoms with Gasteiger partial charge in [-0.3, -0.25) is 4.79 Å². The molecule has 3 nitrogen and oxygen atoms in total. The summed E-state index contributed by atoms with van der Waals surface area (Å²) in [4.78, 5) is 14.6. The van der Waals surface area contributed by atoms with Crippen LogP contribution in [0.5, 0.6) is 0 Å². The molecule has 1 amide bonds.